The Morgan fingerprint density at radius 3 is 2.28 bits per heavy atom. The molecule has 4 fully saturated rings. The van der Waals surface area contributed by atoms with Gasteiger partial charge in [0.25, 0.3) is 0 Å². The molecule has 6 aliphatic heterocycles. The van der Waals surface area contributed by atoms with E-state index < -0.39 is 90.8 Å². The van der Waals surface area contributed by atoms with Gasteiger partial charge in [0.1, 0.15) is 42.0 Å². The lowest BCUT2D eigenvalue weighted by molar-refractivity contribution is -0.318. The van der Waals surface area contributed by atoms with Crippen LogP contribution < -0.4 is 0 Å². The van der Waals surface area contributed by atoms with Gasteiger partial charge in [0.2, 0.25) is 0 Å². The van der Waals surface area contributed by atoms with E-state index in [4.69, 9.17) is 47.4 Å². The summed E-state index contributed by atoms with van der Waals surface area (Å²) in [5.74, 6) is -2.62. The molecule has 2 unspecified atom stereocenters. The monoisotopic (exact) mass is 858 g/mol. The lowest BCUT2D eigenvalue weighted by Gasteiger charge is -2.48. The largest absolute Gasteiger partial charge is 0.462 e. The first-order valence-electron chi connectivity index (χ1n) is 22.3. The highest BCUT2D eigenvalue weighted by Gasteiger charge is 2.60. The molecule has 3 N–H and O–H groups in total. The second-order valence-corrected chi connectivity index (χ2v) is 18.8. The molecule has 0 saturated carbocycles. The van der Waals surface area contributed by atoms with Crippen LogP contribution >= 0.6 is 0 Å². The third-order valence-electron chi connectivity index (χ3n) is 14.0. The Balaban J connectivity index is 1.18. The van der Waals surface area contributed by atoms with Crippen LogP contribution in [0.25, 0.3) is 0 Å². The number of methoxy groups -OCH3 is 2. The van der Waals surface area contributed by atoms with Crippen molar-refractivity contribution in [1.82, 2.24) is 0 Å². The van der Waals surface area contributed by atoms with E-state index in [-0.39, 0.29) is 42.7 Å². The third-order valence-corrected chi connectivity index (χ3v) is 14.0. The van der Waals surface area contributed by atoms with Gasteiger partial charge in [-0.25, -0.2) is 0 Å². The van der Waals surface area contributed by atoms with Crippen molar-refractivity contribution < 1.29 is 67.5 Å². The summed E-state index contributed by atoms with van der Waals surface area (Å²) in [6, 6.07) is 0. The van der Waals surface area contributed by atoms with Crippen LogP contribution in [0.5, 0.6) is 0 Å². The van der Waals surface area contributed by atoms with Gasteiger partial charge in [-0.1, -0.05) is 64.2 Å². The van der Waals surface area contributed by atoms with Crippen molar-refractivity contribution in [2.75, 3.05) is 20.8 Å². The number of rotatable bonds is 7. The fraction of sp³-hybridized carbons (Fsp3) is 0.766. The maximum Gasteiger partial charge on any atom is 0.316 e. The molecule has 342 valence electrons. The molecule has 14 heteroatoms. The molecule has 1 aliphatic carbocycles. The van der Waals surface area contributed by atoms with Crippen LogP contribution in [-0.4, -0.2) is 139 Å². The van der Waals surface area contributed by atoms with Crippen molar-refractivity contribution in [3.63, 3.8) is 0 Å². The first kappa shape index (κ1) is 46.7. The lowest BCUT2D eigenvalue weighted by atomic mass is 9.71. The number of carbonyl (C=O) groups is 1. The van der Waals surface area contributed by atoms with Crippen LogP contribution in [0.2, 0.25) is 0 Å². The Kier molecular flexibility index (Phi) is 14.6. The topological polar surface area (TPSA) is 170 Å². The van der Waals surface area contributed by atoms with E-state index in [0.717, 1.165) is 5.57 Å². The number of aliphatic hydroxyl groups is 3. The fourth-order valence-electron chi connectivity index (χ4n) is 10.4. The molecule has 6 heterocycles. The second kappa shape index (κ2) is 19.0. The van der Waals surface area contributed by atoms with Gasteiger partial charge in [0, 0.05) is 51.7 Å². The van der Waals surface area contributed by atoms with Gasteiger partial charge in [0.05, 0.1) is 49.3 Å². The van der Waals surface area contributed by atoms with Crippen molar-refractivity contribution in [2.45, 2.75) is 185 Å². The zero-order valence-electron chi connectivity index (χ0n) is 37.5. The quantitative estimate of drug-likeness (QED) is 0.231. The number of allylic oxidation sites excluding steroid dienone is 2. The predicted molar refractivity (Wildman–Crippen MR) is 223 cm³/mol. The molecule has 7 rings (SSSR count). The molecule has 7 aliphatic rings. The Morgan fingerprint density at radius 1 is 0.852 bits per heavy atom. The minimum atomic E-state index is -1.83. The molecule has 0 aromatic rings. The predicted octanol–water partition coefficient (Wildman–Crippen LogP) is 4.99. The van der Waals surface area contributed by atoms with Crippen LogP contribution in [0.3, 0.4) is 0 Å². The Labute approximate surface area is 361 Å². The van der Waals surface area contributed by atoms with Gasteiger partial charge in [-0.15, -0.1) is 0 Å². The standard InChI is InChI=1S/C47H70O14/c1-24(2)41-27(5)16-17-46(61-41)22-33-19-32(60-46)15-14-26(4)42(25(3)12-11-13-31-23-54-44-39(48)28(6)18-34(45(50)57-33)47(31,44)51)58-38-21-36(53-10)43(30(8)56-38)59-37-20-35(52-9)40(49)29(7)55-37/h11-14,16-18,24-25,27,29-30,32-44,48-49,51H,15,19-23H2,1-10H3/b12-11+,26-14+,31-13+/t25-,27-,29-,30-,32+,33-,34-,35-,36-,37-,38-,39+,40-,41+,42?,43-,44+,46?,47+/m0/s1. The average molecular weight is 859 g/mol. The number of esters is 1. The van der Waals surface area contributed by atoms with Gasteiger partial charge in [-0.2, -0.15) is 0 Å². The van der Waals surface area contributed by atoms with E-state index in [1.54, 1.807) is 40.2 Å². The SMILES string of the molecule is CO[C@H]1C[C@H](O[C@H]2[C@H](C)O[C@@H](OC3/C(C)=C/C[C@@H]4C[C@@H](CC5(C=C[C@H](C)[C@@H](C(C)C)O5)O4)OC(=O)[C@@H]4C=C(C)[C@@H](O)[C@H]5OC/C(=C\C=C\[C@@H]3C)[C@]54O)C[C@@H]2OC)O[C@@H](C)[C@@H]1O. The minimum absolute atomic E-state index is 0.0313. The summed E-state index contributed by atoms with van der Waals surface area (Å²) < 4.78 is 63.5. The highest BCUT2D eigenvalue weighted by atomic mass is 16.7. The first-order valence-corrected chi connectivity index (χ1v) is 22.3. The van der Waals surface area contributed by atoms with Crippen molar-refractivity contribution in [1.29, 1.82) is 0 Å². The molecule has 0 amide bonds. The molecule has 0 aromatic carbocycles. The van der Waals surface area contributed by atoms with E-state index >= 15 is 0 Å². The van der Waals surface area contributed by atoms with Gasteiger partial charge in [0.15, 0.2) is 18.4 Å². The lowest BCUT2D eigenvalue weighted by Crippen LogP contribution is -2.58. The molecule has 2 bridgehead atoms. The number of hydrogen-bond acceptors (Lipinski definition) is 14. The minimum Gasteiger partial charge on any atom is -0.462 e. The smallest absolute Gasteiger partial charge is 0.316 e. The van der Waals surface area contributed by atoms with Crippen LogP contribution in [0, 0.1) is 23.7 Å². The fourth-order valence-corrected chi connectivity index (χ4v) is 10.4. The van der Waals surface area contributed by atoms with Crippen molar-refractivity contribution in [3.05, 3.63) is 59.3 Å². The summed E-state index contributed by atoms with van der Waals surface area (Å²) in [4.78, 5) is 14.3. The summed E-state index contributed by atoms with van der Waals surface area (Å²) in [5.41, 5.74) is 0.129. The zero-order chi connectivity index (χ0) is 44.0. The van der Waals surface area contributed by atoms with E-state index in [0.29, 0.717) is 43.3 Å². The Bertz CT molecular complexity index is 1710. The van der Waals surface area contributed by atoms with Crippen molar-refractivity contribution >= 4 is 5.97 Å². The number of hydrogen-bond donors (Lipinski definition) is 3. The summed E-state index contributed by atoms with van der Waals surface area (Å²) in [5, 5.41) is 34.2. The van der Waals surface area contributed by atoms with E-state index in [1.165, 1.54) is 0 Å². The second-order valence-electron chi connectivity index (χ2n) is 18.8. The summed E-state index contributed by atoms with van der Waals surface area (Å²) in [7, 11) is 3.22. The number of carbonyl (C=O) groups excluding carboxylic acids is 1. The van der Waals surface area contributed by atoms with Crippen molar-refractivity contribution in [2.24, 2.45) is 23.7 Å². The molecule has 61 heavy (non-hydrogen) atoms. The first-order chi connectivity index (χ1) is 29.0. The van der Waals surface area contributed by atoms with Crippen LogP contribution in [0.1, 0.15) is 87.5 Å². The normalized spacial score (nSPS) is 49.3. The van der Waals surface area contributed by atoms with Crippen LogP contribution in [0.4, 0.5) is 0 Å². The molecule has 0 aromatic heterocycles. The molecule has 19 atom stereocenters. The van der Waals surface area contributed by atoms with Gasteiger partial charge < -0.3 is 62.7 Å². The van der Waals surface area contributed by atoms with Gasteiger partial charge in [-0.05, 0) is 62.8 Å². The Morgan fingerprint density at radius 2 is 1.56 bits per heavy atom. The maximum atomic E-state index is 14.3. The molecule has 4 saturated heterocycles. The average Bonchev–Trinajstić information content (AvgIpc) is 3.56. The number of ether oxygens (including phenoxy) is 10. The van der Waals surface area contributed by atoms with E-state index in [2.05, 4.69) is 39.8 Å². The van der Waals surface area contributed by atoms with E-state index in [9.17, 15) is 20.1 Å². The van der Waals surface area contributed by atoms with Crippen LogP contribution in [-0.2, 0) is 52.2 Å². The highest BCUT2D eigenvalue weighted by molar-refractivity contribution is 5.78. The maximum absolute atomic E-state index is 14.3. The summed E-state index contributed by atoms with van der Waals surface area (Å²) in [6.07, 6.45) is 7.54. The van der Waals surface area contributed by atoms with Crippen LogP contribution in [0.15, 0.2) is 59.3 Å². The molecule has 14 nitrogen and oxygen atoms in total. The van der Waals surface area contributed by atoms with E-state index in [1.807, 2.05) is 32.1 Å². The molecular formula is C47H70O14. The molecule has 0 radical (unpaired) electrons. The van der Waals surface area contributed by atoms with Crippen molar-refractivity contribution in [3.8, 4) is 0 Å². The Hall–Kier alpha value is -2.31. The van der Waals surface area contributed by atoms with Gasteiger partial charge in [-0.3, -0.25) is 4.79 Å². The highest BCUT2D eigenvalue weighted by Crippen LogP contribution is 2.47. The molecular weight excluding hydrogens is 789 g/mol. The third kappa shape index (κ3) is 9.58. The number of aliphatic hydroxyl groups excluding tert-OH is 2. The zero-order valence-corrected chi connectivity index (χ0v) is 37.5. The molecule has 1 spiro atoms. The summed E-state index contributed by atoms with van der Waals surface area (Å²) >= 11 is 0. The number of fused-ring (bicyclic) bond motifs is 2. The summed E-state index contributed by atoms with van der Waals surface area (Å²) in [6.45, 7) is 16.0. The van der Waals surface area contributed by atoms with Gasteiger partial charge >= 0.3 is 5.97 Å².